The van der Waals surface area contributed by atoms with Crippen molar-refractivity contribution in [3.63, 3.8) is 0 Å². The summed E-state index contributed by atoms with van der Waals surface area (Å²) in [5.74, 6) is 0. The Bertz CT molecular complexity index is 1030. The van der Waals surface area contributed by atoms with Crippen molar-refractivity contribution < 1.29 is 0 Å². The summed E-state index contributed by atoms with van der Waals surface area (Å²) in [5.41, 5.74) is 1.86. The maximum Gasteiger partial charge on any atom is 0.117 e. The molecule has 0 atom stereocenters. The first kappa shape index (κ1) is 14.7. The largest absolute Gasteiger partial charge is 0.236 e. The van der Waals surface area contributed by atoms with Crippen molar-refractivity contribution in [2.75, 3.05) is 0 Å². The molecule has 0 saturated carbocycles. The van der Waals surface area contributed by atoms with E-state index in [9.17, 15) is 0 Å². The van der Waals surface area contributed by atoms with E-state index in [4.69, 9.17) is 28.2 Å². The SMILES string of the molecule is Clc1cccc(Cl)c1C=Cc1nc2c(ccc3ccccc32)s1. The topological polar surface area (TPSA) is 12.9 Å². The molecule has 0 radical (unpaired) electrons. The van der Waals surface area contributed by atoms with E-state index in [0.717, 1.165) is 16.1 Å². The van der Waals surface area contributed by atoms with E-state index in [1.807, 2.05) is 42.5 Å². The summed E-state index contributed by atoms with van der Waals surface area (Å²) in [6.45, 7) is 0. The van der Waals surface area contributed by atoms with Gasteiger partial charge in [0, 0.05) is 21.0 Å². The molecule has 1 nitrogen and oxygen atoms in total. The van der Waals surface area contributed by atoms with E-state index in [1.54, 1.807) is 11.3 Å². The van der Waals surface area contributed by atoms with Gasteiger partial charge in [-0.25, -0.2) is 4.98 Å². The van der Waals surface area contributed by atoms with Crippen LogP contribution in [-0.4, -0.2) is 4.98 Å². The van der Waals surface area contributed by atoms with Gasteiger partial charge in [0.1, 0.15) is 5.01 Å². The first-order valence-corrected chi connectivity index (χ1v) is 8.70. The zero-order chi connectivity index (χ0) is 15.8. The lowest BCUT2D eigenvalue weighted by Crippen LogP contribution is -1.77. The number of nitrogens with zero attached hydrogens (tertiary/aromatic N) is 1. The van der Waals surface area contributed by atoms with Gasteiger partial charge in [0.15, 0.2) is 0 Å². The van der Waals surface area contributed by atoms with Crippen LogP contribution in [0.25, 0.3) is 33.1 Å². The summed E-state index contributed by atoms with van der Waals surface area (Å²) < 4.78 is 1.17. The molecule has 1 aromatic heterocycles. The molecule has 112 valence electrons. The number of hydrogen-bond acceptors (Lipinski definition) is 2. The van der Waals surface area contributed by atoms with E-state index in [0.29, 0.717) is 10.0 Å². The van der Waals surface area contributed by atoms with Gasteiger partial charge < -0.3 is 0 Å². The smallest absolute Gasteiger partial charge is 0.117 e. The molecule has 0 unspecified atom stereocenters. The molecule has 0 fully saturated rings. The molecule has 0 N–H and O–H groups in total. The third-order valence-corrected chi connectivity index (χ3v) is 5.34. The predicted molar refractivity (Wildman–Crippen MR) is 103 cm³/mol. The summed E-state index contributed by atoms with van der Waals surface area (Å²) in [4.78, 5) is 4.76. The average molecular weight is 356 g/mol. The quantitative estimate of drug-likeness (QED) is 0.380. The summed E-state index contributed by atoms with van der Waals surface area (Å²) in [7, 11) is 0. The number of fused-ring (bicyclic) bond motifs is 3. The minimum atomic E-state index is 0.639. The Labute approximate surface area is 147 Å². The van der Waals surface area contributed by atoms with E-state index < -0.39 is 0 Å². The van der Waals surface area contributed by atoms with Crippen LogP contribution in [0.1, 0.15) is 10.6 Å². The normalized spacial score (nSPS) is 11.7. The number of hydrogen-bond donors (Lipinski definition) is 0. The minimum Gasteiger partial charge on any atom is -0.236 e. The Morgan fingerprint density at radius 3 is 2.43 bits per heavy atom. The van der Waals surface area contributed by atoms with Crippen molar-refractivity contribution in [3.8, 4) is 0 Å². The molecule has 4 rings (SSSR count). The van der Waals surface area contributed by atoms with Gasteiger partial charge in [0.25, 0.3) is 0 Å². The first-order chi connectivity index (χ1) is 11.2. The highest BCUT2D eigenvalue weighted by molar-refractivity contribution is 7.19. The van der Waals surface area contributed by atoms with Crippen molar-refractivity contribution in [2.45, 2.75) is 0 Å². The fraction of sp³-hybridized carbons (Fsp3) is 0. The van der Waals surface area contributed by atoms with Crippen LogP contribution < -0.4 is 0 Å². The molecule has 23 heavy (non-hydrogen) atoms. The molecule has 1 heterocycles. The highest BCUT2D eigenvalue weighted by Gasteiger charge is 2.06. The first-order valence-electron chi connectivity index (χ1n) is 7.13. The highest BCUT2D eigenvalue weighted by atomic mass is 35.5. The van der Waals surface area contributed by atoms with Crippen molar-refractivity contribution in [2.24, 2.45) is 0 Å². The van der Waals surface area contributed by atoms with Gasteiger partial charge in [-0.2, -0.15) is 0 Å². The zero-order valence-corrected chi connectivity index (χ0v) is 14.3. The Morgan fingerprint density at radius 1 is 0.826 bits per heavy atom. The number of aromatic nitrogens is 1. The van der Waals surface area contributed by atoms with Crippen molar-refractivity contribution in [1.29, 1.82) is 0 Å². The monoisotopic (exact) mass is 355 g/mol. The fourth-order valence-electron chi connectivity index (χ4n) is 2.57. The maximum absolute atomic E-state index is 6.20. The van der Waals surface area contributed by atoms with Gasteiger partial charge in [0.05, 0.1) is 10.2 Å². The van der Waals surface area contributed by atoms with E-state index >= 15 is 0 Å². The van der Waals surface area contributed by atoms with Crippen LogP contribution in [0.15, 0.2) is 54.6 Å². The third-order valence-electron chi connectivity index (χ3n) is 3.69. The van der Waals surface area contributed by atoms with Crippen LogP contribution in [0.5, 0.6) is 0 Å². The second kappa shape index (κ2) is 5.97. The summed E-state index contributed by atoms with van der Waals surface area (Å²) in [6.07, 6.45) is 3.89. The van der Waals surface area contributed by atoms with E-state index in [-0.39, 0.29) is 0 Å². The zero-order valence-electron chi connectivity index (χ0n) is 12.0. The predicted octanol–water partition coefficient (Wildman–Crippen LogP) is 6.93. The number of rotatable bonds is 2. The van der Waals surface area contributed by atoms with Gasteiger partial charge >= 0.3 is 0 Å². The van der Waals surface area contributed by atoms with Gasteiger partial charge in [-0.1, -0.05) is 59.6 Å². The molecule has 0 aliphatic rings. The summed E-state index contributed by atoms with van der Waals surface area (Å²) in [6, 6.07) is 18.1. The Morgan fingerprint density at radius 2 is 1.61 bits per heavy atom. The summed E-state index contributed by atoms with van der Waals surface area (Å²) >= 11 is 14.1. The van der Waals surface area contributed by atoms with Gasteiger partial charge in [0.2, 0.25) is 0 Å². The van der Waals surface area contributed by atoms with Crippen LogP contribution in [-0.2, 0) is 0 Å². The molecule has 0 aliphatic carbocycles. The molecule has 4 aromatic rings. The number of benzene rings is 3. The molecule has 0 aliphatic heterocycles. The third kappa shape index (κ3) is 2.74. The van der Waals surface area contributed by atoms with Crippen LogP contribution in [0, 0.1) is 0 Å². The van der Waals surface area contributed by atoms with E-state index in [2.05, 4.69) is 24.3 Å². The molecular formula is C19H11Cl2NS. The number of halogens is 2. The lowest BCUT2D eigenvalue weighted by molar-refractivity contribution is 1.48. The lowest BCUT2D eigenvalue weighted by Gasteiger charge is -1.99. The molecule has 0 amide bonds. The van der Waals surface area contributed by atoms with Gasteiger partial charge in [-0.05, 0) is 35.7 Å². The molecule has 0 saturated heterocycles. The molecule has 4 heteroatoms. The maximum atomic E-state index is 6.20. The highest BCUT2D eigenvalue weighted by Crippen LogP contribution is 2.31. The molecule has 0 bridgehead atoms. The van der Waals surface area contributed by atoms with Crippen LogP contribution in [0.2, 0.25) is 10.0 Å². The molecular weight excluding hydrogens is 345 g/mol. The van der Waals surface area contributed by atoms with E-state index in [1.165, 1.54) is 15.5 Å². The Hall–Kier alpha value is -1.87. The standard InChI is InChI=1S/C19H11Cl2NS/c20-15-6-3-7-16(21)14(15)9-11-18-22-19-13-5-2-1-4-12(13)8-10-17(19)23-18/h1-11H. The van der Waals surface area contributed by atoms with Gasteiger partial charge in [-0.15, -0.1) is 11.3 Å². The van der Waals surface area contributed by atoms with Crippen molar-refractivity contribution >= 4 is 67.7 Å². The van der Waals surface area contributed by atoms with Crippen molar-refractivity contribution in [1.82, 2.24) is 4.98 Å². The molecule has 0 spiro atoms. The van der Waals surface area contributed by atoms with Crippen LogP contribution >= 0.6 is 34.5 Å². The van der Waals surface area contributed by atoms with Crippen molar-refractivity contribution in [3.05, 3.63) is 75.2 Å². The Kier molecular flexibility index (Phi) is 3.82. The second-order valence-electron chi connectivity index (χ2n) is 5.15. The fourth-order valence-corrected chi connectivity index (χ4v) is 3.98. The van der Waals surface area contributed by atoms with Gasteiger partial charge in [-0.3, -0.25) is 0 Å². The second-order valence-corrected chi connectivity index (χ2v) is 7.03. The summed E-state index contributed by atoms with van der Waals surface area (Å²) in [5, 5.41) is 4.60. The van der Waals surface area contributed by atoms with Crippen LogP contribution in [0.3, 0.4) is 0 Å². The lowest BCUT2D eigenvalue weighted by atomic mass is 10.1. The Balaban J connectivity index is 1.81. The van der Waals surface area contributed by atoms with Crippen LogP contribution in [0.4, 0.5) is 0 Å². The minimum absolute atomic E-state index is 0.639. The average Bonchev–Trinajstić information content (AvgIpc) is 2.98. The number of thiazole rings is 1. The molecule has 3 aromatic carbocycles.